The van der Waals surface area contributed by atoms with Gasteiger partial charge in [0.1, 0.15) is 5.82 Å². The predicted octanol–water partition coefficient (Wildman–Crippen LogP) is 1.95. The number of halogens is 2. The lowest BCUT2D eigenvalue weighted by Gasteiger charge is -2.46. The summed E-state index contributed by atoms with van der Waals surface area (Å²) in [5, 5.41) is 0. The summed E-state index contributed by atoms with van der Waals surface area (Å²) in [6, 6.07) is 0. The second-order valence-electron chi connectivity index (χ2n) is 7.00. The van der Waals surface area contributed by atoms with Crippen LogP contribution in [0.5, 0.6) is 0 Å². The summed E-state index contributed by atoms with van der Waals surface area (Å²) in [7, 11) is 0. The van der Waals surface area contributed by atoms with Crippen LogP contribution in [0, 0.1) is 11.3 Å². The molecule has 3 aliphatic rings. The molecular formula is C16H20F2N4O. The molecule has 1 aliphatic carbocycles. The number of nitrogens with zero attached hydrogens (tertiary/aromatic N) is 4. The molecule has 1 spiro atoms. The Morgan fingerprint density at radius 1 is 1.17 bits per heavy atom. The number of aromatic nitrogens is 2. The van der Waals surface area contributed by atoms with Crippen molar-refractivity contribution in [3.8, 4) is 0 Å². The Bertz CT molecular complexity index is 607. The van der Waals surface area contributed by atoms with Crippen molar-refractivity contribution in [2.24, 2.45) is 11.3 Å². The van der Waals surface area contributed by atoms with E-state index in [1.165, 1.54) is 0 Å². The van der Waals surface area contributed by atoms with E-state index in [1.54, 1.807) is 23.5 Å². The maximum Gasteiger partial charge on any atom is 0.258 e. The van der Waals surface area contributed by atoms with Gasteiger partial charge in [-0.25, -0.2) is 13.8 Å². The Balaban J connectivity index is 1.56. The van der Waals surface area contributed by atoms with E-state index in [0.29, 0.717) is 18.8 Å². The number of amides is 1. The molecule has 1 aromatic rings. The summed E-state index contributed by atoms with van der Waals surface area (Å²) in [6.07, 6.45) is 6.70. The second-order valence-corrected chi connectivity index (χ2v) is 7.00. The van der Waals surface area contributed by atoms with Crippen molar-refractivity contribution in [2.45, 2.75) is 31.6 Å². The van der Waals surface area contributed by atoms with Crippen LogP contribution in [0.15, 0.2) is 18.6 Å². The van der Waals surface area contributed by atoms with E-state index in [-0.39, 0.29) is 37.9 Å². The van der Waals surface area contributed by atoms with Gasteiger partial charge in [0.05, 0.1) is 11.6 Å². The smallest absolute Gasteiger partial charge is 0.258 e. The Labute approximate surface area is 133 Å². The molecule has 3 fully saturated rings. The van der Waals surface area contributed by atoms with Crippen LogP contribution in [-0.2, 0) is 4.79 Å². The largest absolute Gasteiger partial charge is 0.354 e. The summed E-state index contributed by atoms with van der Waals surface area (Å²) in [5.41, 5.74) is -1.16. The van der Waals surface area contributed by atoms with Crippen molar-refractivity contribution in [3.05, 3.63) is 18.6 Å². The minimum atomic E-state index is -2.75. The predicted molar refractivity (Wildman–Crippen MR) is 80.2 cm³/mol. The van der Waals surface area contributed by atoms with Crippen molar-refractivity contribution in [1.82, 2.24) is 14.9 Å². The van der Waals surface area contributed by atoms with E-state index in [1.807, 2.05) is 4.90 Å². The van der Waals surface area contributed by atoms with Crippen LogP contribution in [0.25, 0.3) is 0 Å². The molecule has 0 N–H and O–H groups in total. The van der Waals surface area contributed by atoms with Crippen molar-refractivity contribution in [2.75, 3.05) is 31.1 Å². The average molecular weight is 322 g/mol. The second kappa shape index (κ2) is 5.11. The molecule has 1 amide bonds. The molecule has 1 atom stereocenters. The zero-order valence-electron chi connectivity index (χ0n) is 12.9. The maximum atomic E-state index is 14.7. The van der Waals surface area contributed by atoms with Crippen LogP contribution < -0.4 is 4.90 Å². The summed E-state index contributed by atoms with van der Waals surface area (Å²) in [5.74, 6) is -1.97. The van der Waals surface area contributed by atoms with Crippen LogP contribution in [0.4, 0.5) is 14.6 Å². The lowest BCUT2D eigenvalue weighted by atomic mass is 9.75. The fraction of sp³-hybridized carbons (Fsp3) is 0.688. The molecule has 0 radical (unpaired) electrons. The van der Waals surface area contributed by atoms with Gasteiger partial charge in [-0.2, -0.15) is 0 Å². The summed E-state index contributed by atoms with van der Waals surface area (Å²) in [6.45, 7) is 1.09. The van der Waals surface area contributed by atoms with Crippen LogP contribution >= 0.6 is 0 Å². The van der Waals surface area contributed by atoms with Gasteiger partial charge in [0.15, 0.2) is 0 Å². The highest BCUT2D eigenvalue weighted by Crippen LogP contribution is 2.50. The number of hydrogen-bond acceptors (Lipinski definition) is 4. The van der Waals surface area contributed by atoms with Crippen molar-refractivity contribution >= 4 is 11.7 Å². The number of anilines is 1. The van der Waals surface area contributed by atoms with Gasteiger partial charge in [0.2, 0.25) is 5.91 Å². The molecule has 23 heavy (non-hydrogen) atoms. The van der Waals surface area contributed by atoms with Gasteiger partial charge in [0.25, 0.3) is 5.92 Å². The van der Waals surface area contributed by atoms with Gasteiger partial charge in [-0.1, -0.05) is 0 Å². The highest BCUT2D eigenvalue weighted by molar-refractivity contribution is 5.81. The molecule has 2 saturated heterocycles. The van der Waals surface area contributed by atoms with E-state index < -0.39 is 11.3 Å². The highest BCUT2D eigenvalue weighted by Gasteiger charge is 2.60. The average Bonchev–Trinajstić information content (AvgIpc) is 3.31. The van der Waals surface area contributed by atoms with E-state index in [2.05, 4.69) is 9.97 Å². The SMILES string of the molecule is O=C(C1CC1)N1CCC(F)(F)[C@]2(CCN(c3cnccn3)C2)C1. The number of rotatable bonds is 2. The fourth-order valence-electron chi connectivity index (χ4n) is 3.83. The minimum Gasteiger partial charge on any atom is -0.354 e. The van der Waals surface area contributed by atoms with Crippen LogP contribution in [0.1, 0.15) is 25.7 Å². The number of likely N-dealkylation sites (tertiary alicyclic amines) is 1. The minimum absolute atomic E-state index is 0.0674. The molecule has 3 heterocycles. The first-order valence-electron chi connectivity index (χ1n) is 8.18. The van der Waals surface area contributed by atoms with E-state index in [0.717, 1.165) is 12.8 Å². The summed E-state index contributed by atoms with van der Waals surface area (Å²) < 4.78 is 29.4. The first-order valence-corrected chi connectivity index (χ1v) is 8.18. The standard InChI is InChI=1S/C16H20F2N4O/c17-16(18)4-8-22(14(23)12-1-2-12)11-15(16)3-7-21(10-15)13-9-19-5-6-20-13/h5-6,9,12H,1-4,7-8,10-11H2/t15-/m0/s1. The molecule has 7 heteroatoms. The van der Waals surface area contributed by atoms with Gasteiger partial charge in [0, 0.05) is 50.9 Å². The normalized spacial score (nSPS) is 30.0. The van der Waals surface area contributed by atoms with E-state index in [4.69, 9.17) is 0 Å². The molecular weight excluding hydrogens is 302 g/mol. The topological polar surface area (TPSA) is 49.3 Å². The molecule has 2 aliphatic heterocycles. The van der Waals surface area contributed by atoms with Gasteiger partial charge in [-0.3, -0.25) is 9.78 Å². The van der Waals surface area contributed by atoms with E-state index in [9.17, 15) is 13.6 Å². The van der Waals surface area contributed by atoms with Crippen molar-refractivity contribution < 1.29 is 13.6 Å². The van der Waals surface area contributed by atoms with Crippen molar-refractivity contribution in [3.63, 3.8) is 0 Å². The molecule has 1 aromatic heterocycles. The van der Waals surface area contributed by atoms with E-state index >= 15 is 0 Å². The zero-order valence-corrected chi connectivity index (χ0v) is 12.9. The van der Waals surface area contributed by atoms with Gasteiger partial charge < -0.3 is 9.80 Å². The third-order valence-electron chi connectivity index (χ3n) is 5.43. The molecule has 4 rings (SSSR count). The molecule has 0 bridgehead atoms. The number of alkyl halides is 2. The third kappa shape index (κ3) is 2.46. The van der Waals surface area contributed by atoms with Gasteiger partial charge >= 0.3 is 0 Å². The molecule has 5 nitrogen and oxygen atoms in total. The summed E-state index contributed by atoms with van der Waals surface area (Å²) in [4.78, 5) is 24.1. The highest BCUT2D eigenvalue weighted by atomic mass is 19.3. The molecule has 0 unspecified atom stereocenters. The first kappa shape index (κ1) is 14.8. The quantitative estimate of drug-likeness (QED) is 0.835. The lowest BCUT2D eigenvalue weighted by Crippen LogP contribution is -2.58. The number of hydrogen-bond donors (Lipinski definition) is 0. The summed E-state index contributed by atoms with van der Waals surface area (Å²) >= 11 is 0. The first-order chi connectivity index (χ1) is 11.0. The lowest BCUT2D eigenvalue weighted by molar-refractivity contribution is -0.169. The Morgan fingerprint density at radius 3 is 2.70 bits per heavy atom. The van der Waals surface area contributed by atoms with Crippen LogP contribution in [0.2, 0.25) is 0 Å². The molecule has 0 aromatic carbocycles. The third-order valence-corrected chi connectivity index (χ3v) is 5.43. The Kier molecular flexibility index (Phi) is 3.28. The van der Waals surface area contributed by atoms with Crippen molar-refractivity contribution in [1.29, 1.82) is 0 Å². The molecule has 1 saturated carbocycles. The molecule has 124 valence electrons. The number of carbonyl (C=O) groups excluding carboxylic acids is 1. The van der Waals surface area contributed by atoms with Gasteiger partial charge in [-0.15, -0.1) is 0 Å². The Morgan fingerprint density at radius 2 is 2.00 bits per heavy atom. The monoisotopic (exact) mass is 322 g/mol. The number of piperidine rings is 1. The number of carbonyl (C=O) groups is 1. The maximum absolute atomic E-state index is 14.7. The zero-order chi connectivity index (χ0) is 16.1. The van der Waals surface area contributed by atoms with Crippen LogP contribution in [-0.4, -0.2) is 52.9 Å². The Hall–Kier alpha value is -1.79. The van der Waals surface area contributed by atoms with Crippen LogP contribution in [0.3, 0.4) is 0 Å². The fourth-order valence-corrected chi connectivity index (χ4v) is 3.83. The van der Waals surface area contributed by atoms with Gasteiger partial charge in [-0.05, 0) is 19.3 Å².